The lowest BCUT2D eigenvalue weighted by Gasteiger charge is -2.21. The van der Waals surface area contributed by atoms with E-state index < -0.39 is 18.4 Å². The average Bonchev–Trinajstić information content (AvgIpc) is 2.97. The van der Waals surface area contributed by atoms with Crippen LogP contribution in [0.2, 0.25) is 0 Å². The van der Waals surface area contributed by atoms with Crippen molar-refractivity contribution in [1.29, 1.82) is 0 Å². The van der Waals surface area contributed by atoms with Crippen molar-refractivity contribution >= 4 is 18.0 Å². The Morgan fingerprint density at radius 1 is 1.23 bits per heavy atom. The maximum absolute atomic E-state index is 11.9. The molecular formula is C20H24N2O4. The van der Waals surface area contributed by atoms with Gasteiger partial charge in [-0.25, -0.2) is 9.78 Å². The summed E-state index contributed by atoms with van der Waals surface area (Å²) in [6.07, 6.45) is 2.80. The molecule has 0 saturated heterocycles. The molecular weight excluding hydrogens is 332 g/mol. The summed E-state index contributed by atoms with van der Waals surface area (Å²) >= 11 is 0. The summed E-state index contributed by atoms with van der Waals surface area (Å²) in [5.74, 6) is -0.892. The fourth-order valence-electron chi connectivity index (χ4n) is 2.69. The number of ether oxygens (including phenoxy) is 1. The molecule has 0 radical (unpaired) electrons. The van der Waals surface area contributed by atoms with Gasteiger partial charge in [-0.3, -0.25) is 4.79 Å². The van der Waals surface area contributed by atoms with Crippen molar-refractivity contribution in [2.24, 2.45) is 0 Å². The third-order valence-electron chi connectivity index (χ3n) is 3.85. The monoisotopic (exact) mass is 356 g/mol. The van der Waals surface area contributed by atoms with E-state index in [0.717, 1.165) is 11.4 Å². The van der Waals surface area contributed by atoms with Crippen LogP contribution in [0, 0.1) is 0 Å². The van der Waals surface area contributed by atoms with Crippen LogP contribution in [0.15, 0.2) is 42.1 Å². The van der Waals surface area contributed by atoms with Gasteiger partial charge in [0.2, 0.25) is 0 Å². The van der Waals surface area contributed by atoms with Gasteiger partial charge in [0, 0.05) is 12.0 Å². The molecule has 0 unspecified atom stereocenters. The SMILES string of the molecule is COC(=O)C(=Cc1cnc(C(C)(C)C)n1Cc1ccccc1)CC(=O)O. The molecule has 2 aromatic rings. The van der Waals surface area contributed by atoms with Crippen LogP contribution in [0.1, 0.15) is 44.3 Å². The van der Waals surface area contributed by atoms with Gasteiger partial charge in [-0.05, 0) is 11.6 Å². The Bertz CT molecular complexity index is 814. The number of carboxylic acid groups (broad SMARTS) is 1. The predicted octanol–water partition coefficient (Wildman–Crippen LogP) is 3.26. The highest BCUT2D eigenvalue weighted by Crippen LogP contribution is 2.25. The van der Waals surface area contributed by atoms with Crippen LogP contribution in [-0.4, -0.2) is 33.7 Å². The van der Waals surface area contributed by atoms with Gasteiger partial charge in [0.05, 0.1) is 31.0 Å². The highest BCUT2D eigenvalue weighted by molar-refractivity contribution is 5.97. The van der Waals surface area contributed by atoms with Crippen LogP contribution in [0.4, 0.5) is 0 Å². The summed E-state index contributed by atoms with van der Waals surface area (Å²) in [5.41, 5.74) is 1.62. The van der Waals surface area contributed by atoms with E-state index in [9.17, 15) is 9.59 Å². The lowest BCUT2D eigenvalue weighted by atomic mass is 9.95. The Morgan fingerprint density at radius 2 is 1.88 bits per heavy atom. The molecule has 26 heavy (non-hydrogen) atoms. The number of rotatable bonds is 6. The highest BCUT2D eigenvalue weighted by Gasteiger charge is 2.23. The van der Waals surface area contributed by atoms with Crippen molar-refractivity contribution < 1.29 is 19.4 Å². The molecule has 0 aliphatic rings. The number of methoxy groups -OCH3 is 1. The molecule has 0 amide bonds. The maximum atomic E-state index is 11.9. The Kier molecular flexibility index (Phi) is 5.97. The molecule has 0 spiro atoms. The van der Waals surface area contributed by atoms with Crippen molar-refractivity contribution in [3.63, 3.8) is 0 Å². The number of carboxylic acids is 1. The second-order valence-electron chi connectivity index (χ2n) is 7.06. The standard InChI is InChI=1S/C20H24N2O4/c1-20(2,3)19-21-12-16(10-15(11-17(23)24)18(25)26-4)22(19)13-14-8-6-5-7-9-14/h5-10,12H,11,13H2,1-4H3,(H,23,24). The van der Waals surface area contributed by atoms with E-state index in [1.807, 2.05) is 34.9 Å². The number of nitrogens with zero attached hydrogens (tertiary/aromatic N) is 2. The normalized spacial score (nSPS) is 12.1. The van der Waals surface area contributed by atoms with Crippen molar-refractivity contribution in [2.45, 2.75) is 39.2 Å². The van der Waals surface area contributed by atoms with Crippen molar-refractivity contribution in [3.8, 4) is 0 Å². The summed E-state index contributed by atoms with van der Waals surface area (Å²) in [4.78, 5) is 27.6. The van der Waals surface area contributed by atoms with Gasteiger partial charge in [0.15, 0.2) is 0 Å². The van der Waals surface area contributed by atoms with Crippen LogP contribution >= 0.6 is 0 Å². The fraction of sp³-hybridized carbons (Fsp3) is 0.350. The molecule has 0 aliphatic heterocycles. The number of imidazole rings is 1. The first-order chi connectivity index (χ1) is 12.2. The number of aliphatic carboxylic acids is 1. The molecule has 2 rings (SSSR count). The zero-order valence-electron chi connectivity index (χ0n) is 15.5. The van der Waals surface area contributed by atoms with Crippen LogP contribution < -0.4 is 0 Å². The molecule has 1 aromatic carbocycles. The molecule has 0 fully saturated rings. The van der Waals surface area contributed by atoms with Crippen molar-refractivity contribution in [1.82, 2.24) is 9.55 Å². The number of hydrogen-bond acceptors (Lipinski definition) is 4. The minimum absolute atomic E-state index is 0.0784. The number of aromatic nitrogens is 2. The van der Waals surface area contributed by atoms with E-state index in [2.05, 4.69) is 25.8 Å². The molecule has 138 valence electrons. The smallest absolute Gasteiger partial charge is 0.334 e. The van der Waals surface area contributed by atoms with E-state index in [1.54, 1.807) is 12.3 Å². The number of benzene rings is 1. The minimum atomic E-state index is -1.09. The van der Waals surface area contributed by atoms with Crippen LogP contribution in [0.5, 0.6) is 0 Å². The molecule has 6 heteroatoms. The third-order valence-corrected chi connectivity index (χ3v) is 3.85. The van der Waals surface area contributed by atoms with E-state index in [-0.39, 0.29) is 11.0 Å². The van der Waals surface area contributed by atoms with E-state index in [0.29, 0.717) is 12.2 Å². The molecule has 0 atom stereocenters. The highest BCUT2D eigenvalue weighted by atomic mass is 16.5. The van der Waals surface area contributed by atoms with Crippen molar-refractivity contribution in [3.05, 3.63) is 59.2 Å². The largest absolute Gasteiger partial charge is 0.481 e. The van der Waals surface area contributed by atoms with E-state index in [4.69, 9.17) is 9.84 Å². The summed E-state index contributed by atoms with van der Waals surface area (Å²) < 4.78 is 6.72. The second-order valence-corrected chi connectivity index (χ2v) is 7.06. The summed E-state index contributed by atoms with van der Waals surface area (Å²) in [7, 11) is 1.24. The Hall–Kier alpha value is -2.89. The van der Waals surface area contributed by atoms with Gasteiger partial charge in [-0.2, -0.15) is 0 Å². The molecule has 0 bridgehead atoms. The van der Waals surface area contributed by atoms with Crippen LogP contribution in [-0.2, 0) is 26.3 Å². The van der Waals surface area contributed by atoms with Crippen LogP contribution in [0.3, 0.4) is 0 Å². The zero-order valence-corrected chi connectivity index (χ0v) is 15.5. The van der Waals surface area contributed by atoms with Crippen molar-refractivity contribution in [2.75, 3.05) is 7.11 Å². The number of carbonyl (C=O) groups excluding carboxylic acids is 1. The molecule has 6 nitrogen and oxygen atoms in total. The Morgan fingerprint density at radius 3 is 2.42 bits per heavy atom. The molecule has 1 aromatic heterocycles. The first-order valence-electron chi connectivity index (χ1n) is 8.33. The van der Waals surface area contributed by atoms with E-state index >= 15 is 0 Å². The van der Waals surface area contributed by atoms with Gasteiger partial charge in [0.1, 0.15) is 5.82 Å². The van der Waals surface area contributed by atoms with Gasteiger partial charge < -0.3 is 14.4 Å². The second kappa shape index (κ2) is 7.99. The summed E-state index contributed by atoms with van der Waals surface area (Å²) in [5, 5.41) is 9.07. The van der Waals surface area contributed by atoms with Crippen LogP contribution in [0.25, 0.3) is 6.08 Å². The van der Waals surface area contributed by atoms with Gasteiger partial charge >= 0.3 is 11.9 Å². The summed E-state index contributed by atoms with van der Waals surface area (Å²) in [6.45, 7) is 6.75. The lowest BCUT2D eigenvalue weighted by Crippen LogP contribution is -2.20. The number of hydrogen-bond donors (Lipinski definition) is 1. The maximum Gasteiger partial charge on any atom is 0.334 e. The molecule has 1 heterocycles. The predicted molar refractivity (Wildman–Crippen MR) is 98.7 cm³/mol. The van der Waals surface area contributed by atoms with E-state index in [1.165, 1.54) is 7.11 Å². The first kappa shape index (κ1) is 19.4. The molecule has 1 N–H and O–H groups in total. The molecule has 0 aliphatic carbocycles. The molecule has 0 saturated carbocycles. The lowest BCUT2D eigenvalue weighted by molar-refractivity contribution is -0.141. The van der Waals surface area contributed by atoms with Gasteiger partial charge in [-0.15, -0.1) is 0 Å². The topological polar surface area (TPSA) is 81.4 Å². The first-order valence-corrected chi connectivity index (χ1v) is 8.33. The number of carbonyl (C=O) groups is 2. The zero-order chi connectivity index (χ0) is 19.3. The average molecular weight is 356 g/mol. The fourth-order valence-corrected chi connectivity index (χ4v) is 2.69. The Balaban J connectivity index is 2.53. The summed E-state index contributed by atoms with van der Waals surface area (Å²) in [6, 6.07) is 9.90. The third kappa shape index (κ3) is 4.81. The van der Waals surface area contributed by atoms with Gasteiger partial charge in [0.25, 0.3) is 0 Å². The Labute approximate surface area is 153 Å². The quantitative estimate of drug-likeness (QED) is 0.635. The number of esters is 1. The minimum Gasteiger partial charge on any atom is -0.481 e. The van der Waals surface area contributed by atoms with Gasteiger partial charge in [-0.1, -0.05) is 51.1 Å².